The number of aryl methyl sites for hydroxylation is 1. The van der Waals surface area contributed by atoms with Crippen molar-refractivity contribution in [3.05, 3.63) is 47.7 Å². The molecule has 0 aliphatic heterocycles. The maximum absolute atomic E-state index is 5.84. The Hall–Kier alpha value is -2.20. The Labute approximate surface area is 104 Å². The predicted molar refractivity (Wildman–Crippen MR) is 69.9 cm³/mol. The number of para-hydroxylation sites is 1. The molecule has 0 atom stereocenters. The second-order valence-corrected chi connectivity index (χ2v) is 4.21. The molecular formula is C14H13N3O. The average Bonchev–Trinajstić information content (AvgIpc) is 2.77. The van der Waals surface area contributed by atoms with Gasteiger partial charge < -0.3 is 10.2 Å². The Morgan fingerprint density at radius 2 is 2.11 bits per heavy atom. The van der Waals surface area contributed by atoms with Gasteiger partial charge in [-0.2, -0.15) is 5.10 Å². The van der Waals surface area contributed by atoms with Gasteiger partial charge in [0.2, 0.25) is 0 Å². The highest BCUT2D eigenvalue weighted by Crippen LogP contribution is 2.31. The van der Waals surface area contributed by atoms with Crippen LogP contribution in [0.2, 0.25) is 0 Å². The molecule has 4 heteroatoms. The predicted octanol–water partition coefficient (Wildman–Crippen LogP) is 2.66. The molecule has 0 saturated carbocycles. The van der Waals surface area contributed by atoms with Gasteiger partial charge in [0.25, 0.3) is 0 Å². The van der Waals surface area contributed by atoms with Crippen molar-refractivity contribution in [1.29, 1.82) is 0 Å². The molecule has 0 spiro atoms. The number of furan rings is 1. The van der Waals surface area contributed by atoms with Crippen molar-refractivity contribution < 1.29 is 4.42 Å². The minimum absolute atomic E-state index is 0.446. The lowest BCUT2D eigenvalue weighted by Gasteiger charge is -1.99. The van der Waals surface area contributed by atoms with Crippen molar-refractivity contribution in [2.45, 2.75) is 13.5 Å². The molecule has 0 radical (unpaired) electrons. The summed E-state index contributed by atoms with van der Waals surface area (Å²) < 4.78 is 5.84. The first kappa shape index (κ1) is 10.9. The third-order valence-corrected chi connectivity index (χ3v) is 3.02. The highest BCUT2D eigenvalue weighted by Gasteiger charge is 2.13. The first-order chi connectivity index (χ1) is 8.79. The molecule has 2 aromatic heterocycles. The van der Waals surface area contributed by atoms with Crippen LogP contribution in [0.5, 0.6) is 0 Å². The summed E-state index contributed by atoms with van der Waals surface area (Å²) in [6, 6.07) is 9.86. The molecule has 0 bridgehead atoms. The number of nitrogens with zero attached hydrogens (tertiary/aromatic N) is 2. The van der Waals surface area contributed by atoms with E-state index in [0.717, 1.165) is 33.6 Å². The monoisotopic (exact) mass is 239 g/mol. The molecule has 90 valence electrons. The van der Waals surface area contributed by atoms with E-state index in [2.05, 4.69) is 10.2 Å². The molecule has 4 nitrogen and oxygen atoms in total. The van der Waals surface area contributed by atoms with Gasteiger partial charge in [0.05, 0.1) is 6.20 Å². The van der Waals surface area contributed by atoms with Crippen molar-refractivity contribution in [3.8, 4) is 11.5 Å². The van der Waals surface area contributed by atoms with E-state index in [1.54, 1.807) is 6.20 Å². The first-order valence-electron chi connectivity index (χ1n) is 5.80. The summed E-state index contributed by atoms with van der Waals surface area (Å²) in [7, 11) is 0. The van der Waals surface area contributed by atoms with Gasteiger partial charge in [-0.15, -0.1) is 5.10 Å². The molecule has 2 heterocycles. The van der Waals surface area contributed by atoms with Gasteiger partial charge in [-0.05, 0) is 24.6 Å². The first-order valence-corrected chi connectivity index (χ1v) is 5.80. The van der Waals surface area contributed by atoms with E-state index in [0.29, 0.717) is 6.54 Å². The van der Waals surface area contributed by atoms with Crippen LogP contribution in [0, 0.1) is 6.92 Å². The van der Waals surface area contributed by atoms with E-state index in [9.17, 15) is 0 Å². The number of benzene rings is 1. The van der Waals surface area contributed by atoms with Gasteiger partial charge >= 0.3 is 0 Å². The molecule has 0 aliphatic carbocycles. The fraction of sp³-hybridized carbons (Fsp3) is 0.143. The smallest absolute Gasteiger partial charge is 0.158 e. The second-order valence-electron chi connectivity index (χ2n) is 4.21. The maximum atomic E-state index is 5.84. The van der Waals surface area contributed by atoms with Crippen LogP contribution in [0.3, 0.4) is 0 Å². The molecule has 0 saturated heterocycles. The van der Waals surface area contributed by atoms with Crippen molar-refractivity contribution in [3.63, 3.8) is 0 Å². The van der Waals surface area contributed by atoms with Gasteiger partial charge in [-0.25, -0.2) is 0 Å². The van der Waals surface area contributed by atoms with Crippen molar-refractivity contribution in [1.82, 2.24) is 10.2 Å². The Morgan fingerprint density at radius 3 is 2.89 bits per heavy atom. The summed E-state index contributed by atoms with van der Waals surface area (Å²) in [5.74, 6) is 0.763. The van der Waals surface area contributed by atoms with Crippen molar-refractivity contribution >= 4 is 11.0 Å². The van der Waals surface area contributed by atoms with Gasteiger partial charge in [0.15, 0.2) is 5.76 Å². The molecule has 1 aromatic carbocycles. The zero-order valence-corrected chi connectivity index (χ0v) is 10.1. The van der Waals surface area contributed by atoms with Crippen LogP contribution in [-0.2, 0) is 6.54 Å². The summed E-state index contributed by atoms with van der Waals surface area (Å²) in [4.78, 5) is 0. The molecule has 2 N–H and O–H groups in total. The topological polar surface area (TPSA) is 64.9 Å². The number of rotatable bonds is 2. The molecule has 0 fully saturated rings. The Morgan fingerprint density at radius 1 is 1.28 bits per heavy atom. The third kappa shape index (κ3) is 1.67. The van der Waals surface area contributed by atoms with Crippen molar-refractivity contribution in [2.24, 2.45) is 5.73 Å². The zero-order chi connectivity index (χ0) is 12.5. The summed E-state index contributed by atoms with van der Waals surface area (Å²) >= 11 is 0. The van der Waals surface area contributed by atoms with Gasteiger partial charge in [-0.1, -0.05) is 18.2 Å². The molecule has 0 unspecified atom stereocenters. The van der Waals surface area contributed by atoms with Crippen LogP contribution in [0.4, 0.5) is 0 Å². The van der Waals surface area contributed by atoms with Gasteiger partial charge in [0, 0.05) is 17.5 Å². The number of hydrogen-bond donors (Lipinski definition) is 1. The third-order valence-electron chi connectivity index (χ3n) is 3.02. The molecule has 3 rings (SSSR count). The summed E-state index contributed by atoms with van der Waals surface area (Å²) in [5, 5.41) is 9.17. The van der Waals surface area contributed by atoms with E-state index in [1.807, 2.05) is 37.3 Å². The van der Waals surface area contributed by atoms with Gasteiger partial charge in [0.1, 0.15) is 11.3 Å². The second kappa shape index (κ2) is 4.23. The molecule has 18 heavy (non-hydrogen) atoms. The number of nitrogens with two attached hydrogens (primary N) is 1. The maximum Gasteiger partial charge on any atom is 0.158 e. The van der Waals surface area contributed by atoms with E-state index in [4.69, 9.17) is 10.2 Å². The highest BCUT2D eigenvalue weighted by molar-refractivity contribution is 5.86. The Bertz CT molecular complexity index is 703. The number of aromatic nitrogens is 2. The van der Waals surface area contributed by atoms with Crippen LogP contribution < -0.4 is 5.73 Å². The quantitative estimate of drug-likeness (QED) is 0.746. The summed E-state index contributed by atoms with van der Waals surface area (Å²) in [6.07, 6.45) is 1.67. The molecule has 0 aliphatic rings. The van der Waals surface area contributed by atoms with Crippen molar-refractivity contribution in [2.75, 3.05) is 0 Å². The lowest BCUT2D eigenvalue weighted by atomic mass is 10.1. The minimum atomic E-state index is 0.446. The minimum Gasteiger partial charge on any atom is -0.454 e. The average molecular weight is 239 g/mol. The van der Waals surface area contributed by atoms with E-state index >= 15 is 0 Å². The lowest BCUT2D eigenvalue weighted by molar-refractivity contribution is 0.624. The fourth-order valence-electron chi connectivity index (χ4n) is 2.05. The van der Waals surface area contributed by atoms with Crippen LogP contribution >= 0.6 is 0 Å². The van der Waals surface area contributed by atoms with Crippen LogP contribution in [0.15, 0.2) is 40.9 Å². The molecule has 3 aromatic rings. The zero-order valence-electron chi connectivity index (χ0n) is 10.1. The van der Waals surface area contributed by atoms with E-state index < -0.39 is 0 Å². The largest absolute Gasteiger partial charge is 0.454 e. The van der Waals surface area contributed by atoms with E-state index in [-0.39, 0.29) is 0 Å². The molecule has 0 amide bonds. The Balaban J connectivity index is 2.21. The van der Waals surface area contributed by atoms with E-state index in [1.165, 1.54) is 0 Å². The summed E-state index contributed by atoms with van der Waals surface area (Å²) in [5.41, 5.74) is 9.23. The van der Waals surface area contributed by atoms with Gasteiger partial charge in [-0.3, -0.25) is 0 Å². The normalized spacial score (nSPS) is 11.0. The highest BCUT2D eigenvalue weighted by atomic mass is 16.3. The summed E-state index contributed by atoms with van der Waals surface area (Å²) in [6.45, 7) is 2.47. The lowest BCUT2D eigenvalue weighted by Crippen LogP contribution is -1.99. The SMILES string of the molecule is Cc1c(-c2cc(CN)cnn2)oc2ccccc12. The fourth-order valence-corrected chi connectivity index (χ4v) is 2.05. The number of hydrogen-bond acceptors (Lipinski definition) is 4. The van der Waals surface area contributed by atoms with Crippen LogP contribution in [0.1, 0.15) is 11.1 Å². The van der Waals surface area contributed by atoms with Crippen LogP contribution in [0.25, 0.3) is 22.4 Å². The Kier molecular flexibility index (Phi) is 2.57. The standard InChI is InChI=1S/C14H13N3O/c1-9-11-4-2-3-5-13(11)18-14(9)12-6-10(7-15)8-16-17-12/h2-6,8H,7,15H2,1H3. The van der Waals surface area contributed by atoms with Crippen LogP contribution in [-0.4, -0.2) is 10.2 Å². The molecular weight excluding hydrogens is 226 g/mol. The number of fused-ring (bicyclic) bond motifs is 1.